The number of hydrogen-bond donors (Lipinski definition) is 2. The third-order valence-electron chi connectivity index (χ3n) is 2.71. The molecule has 2 N–H and O–H groups in total. The minimum atomic E-state index is -0.127. The molecule has 1 aromatic rings. The molecule has 1 atom stereocenters. The molecule has 2 heterocycles. The maximum atomic E-state index is 11.3. The number of piperidine rings is 1. The van der Waals surface area contributed by atoms with Gasteiger partial charge >= 0.3 is 0 Å². The Hall–Kier alpha value is -1.36. The molecule has 1 aliphatic heterocycles. The van der Waals surface area contributed by atoms with Gasteiger partial charge in [0.25, 0.3) is 5.91 Å². The van der Waals surface area contributed by atoms with Gasteiger partial charge in [-0.2, -0.15) is 5.10 Å². The Morgan fingerprint density at radius 1 is 1.73 bits per heavy atom. The van der Waals surface area contributed by atoms with E-state index in [-0.39, 0.29) is 5.91 Å². The highest BCUT2D eigenvalue weighted by Gasteiger charge is 2.16. The molecule has 1 fully saturated rings. The number of carbonyl (C=O) groups is 1. The summed E-state index contributed by atoms with van der Waals surface area (Å²) in [5.41, 5.74) is 0.489. The number of carbonyl (C=O) groups excluding carboxylic acids is 1. The maximum absolute atomic E-state index is 11.3. The molecule has 82 valence electrons. The largest absolute Gasteiger partial charge is 0.354 e. The zero-order valence-electron chi connectivity index (χ0n) is 8.86. The number of nitrogens with one attached hydrogen (secondary N) is 2. The Kier molecular flexibility index (Phi) is 3.01. The van der Waals surface area contributed by atoms with E-state index >= 15 is 0 Å². The Morgan fingerprint density at radius 3 is 3.27 bits per heavy atom. The van der Waals surface area contributed by atoms with Gasteiger partial charge in [0.2, 0.25) is 0 Å². The van der Waals surface area contributed by atoms with Crippen molar-refractivity contribution in [3.63, 3.8) is 0 Å². The molecule has 1 amide bonds. The Balaban J connectivity index is 2.08. The number of hydrogen-bond acceptors (Lipinski definition) is 3. The molecule has 0 radical (unpaired) electrons. The van der Waals surface area contributed by atoms with E-state index in [2.05, 4.69) is 15.7 Å². The zero-order chi connectivity index (χ0) is 10.7. The molecule has 15 heavy (non-hydrogen) atoms. The van der Waals surface area contributed by atoms with E-state index in [4.69, 9.17) is 0 Å². The molecule has 0 aliphatic carbocycles. The molecule has 5 heteroatoms. The average Bonchev–Trinajstić information content (AvgIpc) is 2.78. The van der Waals surface area contributed by atoms with E-state index in [1.807, 2.05) is 10.9 Å². The fourth-order valence-electron chi connectivity index (χ4n) is 1.85. The van der Waals surface area contributed by atoms with Crippen LogP contribution in [0, 0.1) is 0 Å². The summed E-state index contributed by atoms with van der Waals surface area (Å²) in [6, 6.07) is 2.14. The second-order valence-corrected chi connectivity index (χ2v) is 3.76. The van der Waals surface area contributed by atoms with Gasteiger partial charge in [0.1, 0.15) is 5.69 Å². The van der Waals surface area contributed by atoms with Crippen LogP contribution in [0.3, 0.4) is 0 Å². The zero-order valence-corrected chi connectivity index (χ0v) is 8.86. The first-order chi connectivity index (χ1) is 7.31. The number of rotatable bonds is 2. The van der Waals surface area contributed by atoms with Crippen LogP contribution in [0.15, 0.2) is 12.3 Å². The monoisotopic (exact) mass is 208 g/mol. The highest BCUT2D eigenvalue weighted by Crippen LogP contribution is 2.15. The minimum absolute atomic E-state index is 0.127. The number of amides is 1. The van der Waals surface area contributed by atoms with Crippen molar-refractivity contribution in [1.82, 2.24) is 20.4 Å². The summed E-state index contributed by atoms with van der Waals surface area (Å²) in [4.78, 5) is 11.3. The van der Waals surface area contributed by atoms with Crippen LogP contribution < -0.4 is 10.6 Å². The average molecular weight is 208 g/mol. The van der Waals surface area contributed by atoms with Crippen LogP contribution in [0.25, 0.3) is 0 Å². The third-order valence-corrected chi connectivity index (χ3v) is 2.71. The van der Waals surface area contributed by atoms with Crippen LogP contribution in [0.2, 0.25) is 0 Å². The van der Waals surface area contributed by atoms with Gasteiger partial charge in [-0.15, -0.1) is 0 Å². The van der Waals surface area contributed by atoms with Crippen LogP contribution in [0.1, 0.15) is 29.4 Å². The first kappa shape index (κ1) is 10.2. The molecule has 0 aromatic carbocycles. The molecule has 5 nitrogen and oxygen atoms in total. The van der Waals surface area contributed by atoms with Crippen molar-refractivity contribution in [3.05, 3.63) is 18.0 Å². The van der Waals surface area contributed by atoms with Crippen LogP contribution in [0.5, 0.6) is 0 Å². The summed E-state index contributed by atoms with van der Waals surface area (Å²) in [6.07, 6.45) is 4.17. The van der Waals surface area contributed by atoms with E-state index in [9.17, 15) is 4.79 Å². The fourth-order valence-corrected chi connectivity index (χ4v) is 1.85. The van der Waals surface area contributed by atoms with E-state index in [0.717, 1.165) is 19.5 Å². The van der Waals surface area contributed by atoms with Gasteiger partial charge in [-0.25, -0.2) is 0 Å². The van der Waals surface area contributed by atoms with Gasteiger partial charge in [-0.1, -0.05) is 0 Å². The van der Waals surface area contributed by atoms with Crippen molar-refractivity contribution in [2.45, 2.75) is 18.9 Å². The molecular weight excluding hydrogens is 192 g/mol. The van der Waals surface area contributed by atoms with Gasteiger partial charge in [0.05, 0.1) is 6.04 Å². The highest BCUT2D eigenvalue weighted by molar-refractivity contribution is 5.91. The molecule has 1 unspecified atom stereocenters. The predicted octanol–water partition coefficient (Wildman–Crippen LogP) is 0.167. The fraction of sp³-hybridized carbons (Fsp3) is 0.600. The van der Waals surface area contributed by atoms with E-state index in [1.54, 1.807) is 13.1 Å². The van der Waals surface area contributed by atoms with Crippen molar-refractivity contribution in [2.75, 3.05) is 20.1 Å². The molecule has 1 aromatic heterocycles. The van der Waals surface area contributed by atoms with Gasteiger partial charge in [0, 0.05) is 19.8 Å². The SMILES string of the molecule is CNC(=O)c1ccn(C2CCCNC2)n1. The van der Waals surface area contributed by atoms with Crippen molar-refractivity contribution in [2.24, 2.45) is 0 Å². The van der Waals surface area contributed by atoms with Crippen molar-refractivity contribution in [3.8, 4) is 0 Å². The lowest BCUT2D eigenvalue weighted by atomic mass is 10.1. The lowest BCUT2D eigenvalue weighted by Crippen LogP contribution is -2.32. The van der Waals surface area contributed by atoms with E-state index in [1.165, 1.54) is 6.42 Å². The summed E-state index contributed by atoms with van der Waals surface area (Å²) in [7, 11) is 1.61. The number of aromatic nitrogens is 2. The highest BCUT2D eigenvalue weighted by atomic mass is 16.1. The molecule has 0 bridgehead atoms. The van der Waals surface area contributed by atoms with Crippen molar-refractivity contribution in [1.29, 1.82) is 0 Å². The van der Waals surface area contributed by atoms with Crippen LogP contribution in [-0.2, 0) is 0 Å². The topological polar surface area (TPSA) is 59.0 Å². The summed E-state index contributed by atoms with van der Waals surface area (Å²) >= 11 is 0. The van der Waals surface area contributed by atoms with Crippen LogP contribution >= 0.6 is 0 Å². The van der Waals surface area contributed by atoms with Gasteiger partial charge in [-0.05, 0) is 25.5 Å². The second kappa shape index (κ2) is 4.44. The maximum Gasteiger partial charge on any atom is 0.271 e. The standard InChI is InChI=1S/C10H16N4O/c1-11-10(15)9-4-6-14(13-9)8-3-2-5-12-7-8/h4,6,8,12H,2-3,5,7H2,1H3,(H,11,15). The second-order valence-electron chi connectivity index (χ2n) is 3.76. The Bertz CT molecular complexity index is 341. The third kappa shape index (κ3) is 2.18. The predicted molar refractivity (Wildman–Crippen MR) is 56.8 cm³/mol. The van der Waals surface area contributed by atoms with Crippen LogP contribution in [0.4, 0.5) is 0 Å². The van der Waals surface area contributed by atoms with Gasteiger partial charge < -0.3 is 10.6 Å². The smallest absolute Gasteiger partial charge is 0.271 e. The lowest BCUT2D eigenvalue weighted by molar-refractivity contribution is 0.0957. The quantitative estimate of drug-likeness (QED) is 0.728. The van der Waals surface area contributed by atoms with Gasteiger partial charge in [0.15, 0.2) is 0 Å². The van der Waals surface area contributed by atoms with Crippen LogP contribution in [-0.4, -0.2) is 35.8 Å². The van der Waals surface area contributed by atoms with E-state index in [0.29, 0.717) is 11.7 Å². The molecule has 2 rings (SSSR count). The molecule has 1 saturated heterocycles. The van der Waals surface area contributed by atoms with Gasteiger partial charge in [-0.3, -0.25) is 9.48 Å². The minimum Gasteiger partial charge on any atom is -0.354 e. The number of nitrogens with zero attached hydrogens (tertiary/aromatic N) is 2. The molecule has 1 aliphatic rings. The Morgan fingerprint density at radius 2 is 2.60 bits per heavy atom. The summed E-state index contributed by atoms with van der Waals surface area (Å²) in [5, 5.41) is 10.2. The van der Waals surface area contributed by atoms with E-state index < -0.39 is 0 Å². The molecular formula is C10H16N4O. The summed E-state index contributed by atoms with van der Waals surface area (Å²) in [5.74, 6) is -0.127. The normalized spacial score (nSPS) is 21.3. The Labute approximate surface area is 88.8 Å². The first-order valence-electron chi connectivity index (χ1n) is 5.29. The van der Waals surface area contributed by atoms with Crippen molar-refractivity contribution < 1.29 is 4.79 Å². The summed E-state index contributed by atoms with van der Waals surface area (Å²) in [6.45, 7) is 2.02. The summed E-state index contributed by atoms with van der Waals surface area (Å²) < 4.78 is 1.89. The molecule has 0 saturated carbocycles. The van der Waals surface area contributed by atoms with Crippen molar-refractivity contribution >= 4 is 5.91 Å². The molecule has 0 spiro atoms. The lowest BCUT2D eigenvalue weighted by Gasteiger charge is -2.22. The first-order valence-corrected chi connectivity index (χ1v) is 5.29.